The molecule has 0 radical (unpaired) electrons. The highest BCUT2D eigenvalue weighted by molar-refractivity contribution is 7.80. The molecule has 0 aliphatic carbocycles. The van der Waals surface area contributed by atoms with Gasteiger partial charge < -0.3 is 15.5 Å². The minimum absolute atomic E-state index is 0.0572. The summed E-state index contributed by atoms with van der Waals surface area (Å²) >= 11 is 5.61. The van der Waals surface area contributed by atoms with Gasteiger partial charge in [0.1, 0.15) is 0 Å². The third-order valence-electron chi connectivity index (χ3n) is 5.78. The number of benzene rings is 1. The van der Waals surface area contributed by atoms with Gasteiger partial charge in [0.05, 0.1) is 6.54 Å². The van der Waals surface area contributed by atoms with Crippen LogP contribution in [0.3, 0.4) is 0 Å². The Hall–Kier alpha value is -1.66. The van der Waals surface area contributed by atoms with Crippen LogP contribution in [0.1, 0.15) is 52.0 Å². The van der Waals surface area contributed by atoms with Crippen LogP contribution in [0.5, 0.6) is 0 Å². The third kappa shape index (κ3) is 7.94. The SMILES string of the molecule is CCCC[C@@H](CC)CNC(=S)N1CCN(CC(=O)Nc2ccccc2CC)CC1. The maximum absolute atomic E-state index is 12.5. The number of nitrogens with zero attached hydrogens (tertiary/aromatic N) is 2. The number of carbonyl (C=O) groups excluding carboxylic acids is 1. The van der Waals surface area contributed by atoms with E-state index in [4.69, 9.17) is 12.2 Å². The van der Waals surface area contributed by atoms with Gasteiger partial charge in [0.2, 0.25) is 5.91 Å². The van der Waals surface area contributed by atoms with E-state index in [2.05, 4.69) is 47.3 Å². The lowest BCUT2D eigenvalue weighted by atomic mass is 9.99. The molecule has 1 atom stereocenters. The maximum atomic E-state index is 12.5. The van der Waals surface area contributed by atoms with Crippen molar-refractivity contribution in [3.63, 3.8) is 0 Å². The van der Waals surface area contributed by atoms with Gasteiger partial charge in [-0.1, -0.05) is 58.2 Å². The summed E-state index contributed by atoms with van der Waals surface area (Å²) in [6.07, 6.45) is 5.92. The molecule has 1 aliphatic heterocycles. The van der Waals surface area contributed by atoms with Crippen LogP contribution in [0.25, 0.3) is 0 Å². The minimum Gasteiger partial charge on any atom is -0.362 e. The Morgan fingerprint density at radius 2 is 1.86 bits per heavy atom. The van der Waals surface area contributed by atoms with E-state index < -0.39 is 0 Å². The normalized spacial score (nSPS) is 15.8. The predicted molar refractivity (Wildman–Crippen MR) is 126 cm³/mol. The fourth-order valence-corrected chi connectivity index (χ4v) is 4.01. The Morgan fingerprint density at radius 1 is 1.14 bits per heavy atom. The summed E-state index contributed by atoms with van der Waals surface area (Å²) in [7, 11) is 0. The van der Waals surface area contributed by atoms with Crippen molar-refractivity contribution < 1.29 is 4.79 Å². The number of hydrogen-bond acceptors (Lipinski definition) is 3. The zero-order chi connectivity index (χ0) is 21.1. The number of para-hydroxylation sites is 1. The second-order valence-electron chi connectivity index (χ2n) is 7.92. The number of anilines is 1. The molecule has 0 aromatic heterocycles. The molecule has 2 rings (SSSR count). The highest BCUT2D eigenvalue weighted by Crippen LogP contribution is 2.15. The molecule has 1 saturated heterocycles. The van der Waals surface area contributed by atoms with Crippen LogP contribution in [0.2, 0.25) is 0 Å². The zero-order valence-electron chi connectivity index (χ0n) is 18.4. The number of piperazine rings is 1. The van der Waals surface area contributed by atoms with Gasteiger partial charge in [-0.2, -0.15) is 0 Å². The highest BCUT2D eigenvalue weighted by Gasteiger charge is 2.21. The van der Waals surface area contributed by atoms with Gasteiger partial charge in [0.25, 0.3) is 0 Å². The Bertz CT molecular complexity index is 644. The Labute approximate surface area is 182 Å². The first kappa shape index (κ1) is 23.6. The molecule has 0 spiro atoms. The van der Waals surface area contributed by atoms with Gasteiger partial charge in [-0.3, -0.25) is 9.69 Å². The molecule has 0 unspecified atom stereocenters. The molecule has 1 aromatic rings. The topological polar surface area (TPSA) is 47.6 Å². The lowest BCUT2D eigenvalue weighted by molar-refractivity contribution is -0.117. The first-order chi connectivity index (χ1) is 14.1. The van der Waals surface area contributed by atoms with E-state index in [1.165, 1.54) is 31.2 Å². The van der Waals surface area contributed by atoms with Crippen molar-refractivity contribution in [2.24, 2.45) is 5.92 Å². The van der Waals surface area contributed by atoms with Crippen LogP contribution in [0, 0.1) is 5.92 Å². The van der Waals surface area contributed by atoms with Crippen molar-refractivity contribution in [1.29, 1.82) is 0 Å². The van der Waals surface area contributed by atoms with Crippen molar-refractivity contribution in [3.05, 3.63) is 29.8 Å². The summed E-state index contributed by atoms with van der Waals surface area (Å²) in [6, 6.07) is 8.01. The van der Waals surface area contributed by atoms with Crippen LogP contribution < -0.4 is 10.6 Å². The van der Waals surface area contributed by atoms with Crippen LogP contribution in [-0.4, -0.2) is 60.1 Å². The van der Waals surface area contributed by atoms with Crippen LogP contribution >= 0.6 is 12.2 Å². The summed E-state index contributed by atoms with van der Waals surface area (Å²) in [5.74, 6) is 0.755. The summed E-state index contributed by atoms with van der Waals surface area (Å²) in [4.78, 5) is 16.9. The number of unbranched alkanes of at least 4 members (excludes halogenated alkanes) is 1. The molecule has 1 heterocycles. The van der Waals surface area contributed by atoms with Gasteiger partial charge in [0, 0.05) is 38.4 Å². The number of aryl methyl sites for hydroxylation is 1. The second-order valence-corrected chi connectivity index (χ2v) is 8.31. The number of amides is 1. The first-order valence-electron chi connectivity index (χ1n) is 11.2. The summed E-state index contributed by atoms with van der Waals surface area (Å²) in [5.41, 5.74) is 2.10. The molecule has 6 heteroatoms. The van der Waals surface area contributed by atoms with E-state index in [1.54, 1.807) is 0 Å². The highest BCUT2D eigenvalue weighted by atomic mass is 32.1. The van der Waals surface area contributed by atoms with Crippen molar-refractivity contribution in [3.8, 4) is 0 Å². The van der Waals surface area contributed by atoms with Gasteiger partial charge in [0.15, 0.2) is 5.11 Å². The molecule has 1 fully saturated rings. The van der Waals surface area contributed by atoms with Crippen molar-refractivity contribution in [1.82, 2.24) is 15.1 Å². The van der Waals surface area contributed by atoms with E-state index in [9.17, 15) is 4.79 Å². The number of hydrogen-bond donors (Lipinski definition) is 2. The average molecular weight is 419 g/mol. The molecule has 5 nitrogen and oxygen atoms in total. The van der Waals surface area contributed by atoms with Crippen molar-refractivity contribution in [2.75, 3.05) is 44.6 Å². The van der Waals surface area contributed by atoms with E-state index in [-0.39, 0.29) is 5.91 Å². The average Bonchev–Trinajstić information content (AvgIpc) is 2.74. The standard InChI is InChI=1S/C23H38N4OS/c1-4-7-10-19(5-2)17-24-23(29)27-15-13-26(14-16-27)18-22(28)25-21-12-9-8-11-20(21)6-3/h8-9,11-12,19H,4-7,10,13-18H2,1-3H3,(H,24,29)(H,25,28)/t19-/m1/s1. The molecule has 1 amide bonds. The Kier molecular flexibility index (Phi) is 10.4. The zero-order valence-corrected chi connectivity index (χ0v) is 19.2. The molecule has 1 aliphatic rings. The predicted octanol–water partition coefficient (Wildman–Crippen LogP) is 3.90. The lowest BCUT2D eigenvalue weighted by Crippen LogP contribution is -2.53. The van der Waals surface area contributed by atoms with E-state index >= 15 is 0 Å². The van der Waals surface area contributed by atoms with Gasteiger partial charge in [-0.15, -0.1) is 0 Å². The van der Waals surface area contributed by atoms with Crippen LogP contribution in [-0.2, 0) is 11.2 Å². The number of thiocarbonyl (C=S) groups is 1. The Morgan fingerprint density at radius 3 is 2.52 bits per heavy atom. The van der Waals surface area contributed by atoms with Gasteiger partial charge in [-0.25, -0.2) is 0 Å². The van der Waals surface area contributed by atoms with Gasteiger partial charge in [-0.05, 0) is 42.6 Å². The molecule has 0 saturated carbocycles. The third-order valence-corrected chi connectivity index (χ3v) is 6.19. The number of rotatable bonds is 10. The van der Waals surface area contributed by atoms with E-state index in [0.717, 1.165) is 49.9 Å². The monoisotopic (exact) mass is 418 g/mol. The maximum Gasteiger partial charge on any atom is 0.238 e. The van der Waals surface area contributed by atoms with E-state index in [0.29, 0.717) is 12.5 Å². The lowest BCUT2D eigenvalue weighted by Gasteiger charge is -2.36. The summed E-state index contributed by atoms with van der Waals surface area (Å²) in [6.45, 7) is 11.5. The number of nitrogens with one attached hydrogen (secondary N) is 2. The smallest absolute Gasteiger partial charge is 0.238 e. The number of carbonyl (C=O) groups is 1. The van der Waals surface area contributed by atoms with Crippen molar-refractivity contribution >= 4 is 28.9 Å². The second kappa shape index (κ2) is 12.8. The van der Waals surface area contributed by atoms with Crippen LogP contribution in [0.4, 0.5) is 5.69 Å². The van der Waals surface area contributed by atoms with Crippen molar-refractivity contribution in [2.45, 2.75) is 52.9 Å². The molecule has 2 N–H and O–H groups in total. The molecule has 162 valence electrons. The molecular formula is C23H38N4OS. The van der Waals surface area contributed by atoms with E-state index in [1.807, 2.05) is 18.2 Å². The summed E-state index contributed by atoms with van der Waals surface area (Å²) < 4.78 is 0. The Balaban J connectivity index is 1.71. The quantitative estimate of drug-likeness (QED) is 0.565. The molecular weight excluding hydrogens is 380 g/mol. The van der Waals surface area contributed by atoms with Gasteiger partial charge >= 0.3 is 0 Å². The van der Waals surface area contributed by atoms with Crippen LogP contribution in [0.15, 0.2) is 24.3 Å². The largest absolute Gasteiger partial charge is 0.362 e. The fourth-order valence-electron chi connectivity index (χ4n) is 3.74. The fraction of sp³-hybridized carbons (Fsp3) is 0.652. The minimum atomic E-state index is 0.0572. The molecule has 1 aromatic carbocycles. The summed E-state index contributed by atoms with van der Waals surface area (Å²) in [5, 5.41) is 7.40. The first-order valence-corrected chi connectivity index (χ1v) is 11.6. The molecule has 0 bridgehead atoms. The molecule has 29 heavy (non-hydrogen) atoms.